The van der Waals surface area contributed by atoms with Gasteiger partial charge in [0, 0.05) is 18.4 Å². The van der Waals surface area contributed by atoms with Crippen LogP contribution in [0.5, 0.6) is 11.5 Å². The maximum Gasteiger partial charge on any atom is 0.417 e. The van der Waals surface area contributed by atoms with Crippen molar-refractivity contribution in [3.8, 4) is 11.5 Å². The summed E-state index contributed by atoms with van der Waals surface area (Å²) in [6, 6.07) is 1.48. The van der Waals surface area contributed by atoms with Crippen LogP contribution >= 0.6 is 11.6 Å². The number of carboxylic acids is 1. The van der Waals surface area contributed by atoms with Crippen molar-refractivity contribution < 1.29 is 46.1 Å². The van der Waals surface area contributed by atoms with Gasteiger partial charge in [0.1, 0.15) is 23.4 Å². The molecule has 162 valence electrons. The molecule has 0 radical (unpaired) electrons. The third-order valence-corrected chi connectivity index (χ3v) is 5.60. The van der Waals surface area contributed by atoms with Gasteiger partial charge in [-0.05, 0) is 24.6 Å². The highest BCUT2D eigenvalue weighted by Gasteiger charge is 2.65. The molecule has 0 spiro atoms. The summed E-state index contributed by atoms with van der Waals surface area (Å²) in [6.45, 7) is -1.84. The fourth-order valence-electron chi connectivity index (χ4n) is 3.83. The normalized spacial score (nSPS) is 29.4. The van der Waals surface area contributed by atoms with E-state index in [2.05, 4.69) is 4.74 Å². The van der Waals surface area contributed by atoms with Gasteiger partial charge in [-0.1, -0.05) is 17.7 Å². The Morgan fingerprint density at radius 2 is 2.07 bits per heavy atom. The number of ether oxygens (including phenoxy) is 3. The maximum absolute atomic E-state index is 13.1. The fourth-order valence-corrected chi connectivity index (χ4v) is 4.14. The first-order chi connectivity index (χ1) is 13.9. The summed E-state index contributed by atoms with van der Waals surface area (Å²) < 4.78 is 80.4. The number of fused-ring (bicyclic) bond motifs is 3. The molecule has 11 heteroatoms. The number of benzene rings is 1. The van der Waals surface area contributed by atoms with Crippen LogP contribution in [-0.4, -0.2) is 29.4 Å². The van der Waals surface area contributed by atoms with Gasteiger partial charge in [-0.2, -0.15) is 22.0 Å². The molecule has 0 bridgehead atoms. The van der Waals surface area contributed by atoms with Crippen LogP contribution in [0, 0.1) is 11.8 Å². The minimum absolute atomic E-state index is 0.206. The van der Waals surface area contributed by atoms with E-state index in [1.807, 2.05) is 0 Å². The lowest BCUT2D eigenvalue weighted by Crippen LogP contribution is -2.32. The van der Waals surface area contributed by atoms with Crippen LogP contribution in [-0.2, 0) is 15.7 Å². The predicted octanol–water partition coefficient (Wildman–Crippen LogP) is 5.04. The smallest absolute Gasteiger partial charge is 0.417 e. The zero-order valence-corrected chi connectivity index (χ0v) is 15.9. The molecule has 0 amide bonds. The SMILES string of the molecule is CC1(Oc2ccc(C(F)(F)F)c(Cl)c2OC(F)F)C=C2OC3C(C(=O)O)C3C2=CC1. The lowest BCUT2D eigenvalue weighted by molar-refractivity contribution is -0.140. The van der Waals surface area contributed by atoms with Gasteiger partial charge in [0.25, 0.3) is 0 Å². The van der Waals surface area contributed by atoms with E-state index in [9.17, 15) is 26.7 Å². The Morgan fingerprint density at radius 3 is 2.67 bits per heavy atom. The first kappa shape index (κ1) is 20.8. The van der Waals surface area contributed by atoms with Gasteiger partial charge in [0.05, 0.1) is 10.6 Å². The largest absolute Gasteiger partial charge is 0.489 e. The van der Waals surface area contributed by atoms with Crippen molar-refractivity contribution in [2.24, 2.45) is 11.8 Å². The Labute approximate surface area is 171 Å². The molecule has 4 unspecified atom stereocenters. The zero-order valence-electron chi connectivity index (χ0n) is 15.2. The highest BCUT2D eigenvalue weighted by atomic mass is 35.5. The highest BCUT2D eigenvalue weighted by molar-refractivity contribution is 6.33. The van der Waals surface area contributed by atoms with Crippen molar-refractivity contribution in [3.05, 3.63) is 46.2 Å². The second kappa shape index (κ2) is 6.76. The Morgan fingerprint density at radius 1 is 1.37 bits per heavy atom. The number of hydrogen-bond acceptors (Lipinski definition) is 4. The van der Waals surface area contributed by atoms with Crippen LogP contribution in [0.3, 0.4) is 0 Å². The van der Waals surface area contributed by atoms with E-state index in [1.165, 1.54) is 0 Å². The number of allylic oxidation sites excluding steroid dienone is 1. The van der Waals surface area contributed by atoms with Crippen LogP contribution in [0.15, 0.2) is 35.6 Å². The first-order valence-electron chi connectivity index (χ1n) is 8.77. The van der Waals surface area contributed by atoms with E-state index >= 15 is 0 Å². The molecule has 3 aliphatic rings. The van der Waals surface area contributed by atoms with E-state index in [0.29, 0.717) is 11.8 Å². The molecule has 0 aromatic heterocycles. The molecule has 2 fully saturated rings. The summed E-state index contributed by atoms with van der Waals surface area (Å²) in [7, 11) is 0. The molecular weight excluding hydrogens is 439 g/mol. The van der Waals surface area contributed by atoms with E-state index < -0.39 is 58.5 Å². The van der Waals surface area contributed by atoms with Gasteiger partial charge < -0.3 is 19.3 Å². The van der Waals surface area contributed by atoms with Crippen LogP contribution < -0.4 is 9.47 Å². The molecule has 1 aromatic carbocycles. The van der Waals surface area contributed by atoms with Gasteiger partial charge in [0.15, 0.2) is 11.5 Å². The standard InChI is InChI=1S/C19H14ClF5O5/c1-18(5-4-7-10(6-18)28-15-11(7)12(15)16(26)27)30-9-3-2-8(19(23,24)25)13(20)14(9)29-17(21)22/h2-4,6,11-12,15,17H,5H2,1H3,(H,26,27). The number of carbonyl (C=O) groups is 1. The molecule has 1 aliphatic heterocycles. The van der Waals surface area contributed by atoms with Gasteiger partial charge in [-0.15, -0.1) is 0 Å². The summed E-state index contributed by atoms with van der Waals surface area (Å²) in [5.74, 6) is -2.73. The molecule has 1 N–H and O–H groups in total. The quantitative estimate of drug-likeness (QED) is 0.634. The molecule has 4 rings (SSSR count). The van der Waals surface area contributed by atoms with Crippen molar-refractivity contribution in [2.45, 2.75) is 37.8 Å². The van der Waals surface area contributed by atoms with E-state index in [1.54, 1.807) is 19.1 Å². The van der Waals surface area contributed by atoms with E-state index in [4.69, 9.17) is 26.2 Å². The van der Waals surface area contributed by atoms with E-state index in [0.717, 1.165) is 11.6 Å². The second-order valence-corrected chi connectivity index (χ2v) is 7.77. The van der Waals surface area contributed by atoms with Crippen molar-refractivity contribution in [1.29, 1.82) is 0 Å². The molecule has 1 aromatic rings. The van der Waals surface area contributed by atoms with Crippen LogP contribution in [0.25, 0.3) is 0 Å². The third kappa shape index (κ3) is 3.46. The number of carboxylic acid groups (broad SMARTS) is 1. The summed E-state index contributed by atoms with van der Waals surface area (Å²) >= 11 is 5.70. The number of aliphatic carboxylic acids is 1. The lowest BCUT2D eigenvalue weighted by atomic mass is 9.90. The molecule has 30 heavy (non-hydrogen) atoms. The van der Waals surface area contributed by atoms with Crippen LogP contribution in [0.2, 0.25) is 5.02 Å². The van der Waals surface area contributed by atoms with Gasteiger partial charge in [-0.25, -0.2) is 0 Å². The summed E-state index contributed by atoms with van der Waals surface area (Å²) in [5, 5.41) is 8.10. The molecular formula is C19H14ClF5O5. The van der Waals surface area contributed by atoms with Crippen molar-refractivity contribution >= 4 is 17.6 Å². The lowest BCUT2D eigenvalue weighted by Gasteiger charge is -2.31. The molecule has 5 nitrogen and oxygen atoms in total. The minimum atomic E-state index is -4.87. The highest BCUT2D eigenvalue weighted by Crippen LogP contribution is 2.58. The Balaban J connectivity index is 1.61. The minimum Gasteiger partial charge on any atom is -0.489 e. The first-order valence-corrected chi connectivity index (χ1v) is 9.15. The monoisotopic (exact) mass is 452 g/mol. The third-order valence-electron chi connectivity index (χ3n) is 5.23. The molecule has 4 atom stereocenters. The van der Waals surface area contributed by atoms with Crippen molar-refractivity contribution in [2.75, 3.05) is 0 Å². The van der Waals surface area contributed by atoms with E-state index in [-0.39, 0.29) is 12.3 Å². The van der Waals surface area contributed by atoms with Gasteiger partial charge in [-0.3, -0.25) is 4.79 Å². The molecule has 1 saturated heterocycles. The summed E-state index contributed by atoms with van der Waals surface area (Å²) in [6.07, 6.45) is -1.87. The zero-order chi connectivity index (χ0) is 22.0. The molecule has 2 aliphatic carbocycles. The average Bonchev–Trinajstić information content (AvgIpc) is 3.20. The van der Waals surface area contributed by atoms with Crippen LogP contribution in [0.1, 0.15) is 18.9 Å². The molecule has 1 saturated carbocycles. The predicted molar refractivity (Wildman–Crippen MR) is 92.4 cm³/mol. The Kier molecular flexibility index (Phi) is 4.68. The average molecular weight is 453 g/mol. The topological polar surface area (TPSA) is 65.0 Å². The van der Waals surface area contributed by atoms with Crippen molar-refractivity contribution in [3.63, 3.8) is 0 Å². The van der Waals surface area contributed by atoms with Crippen molar-refractivity contribution in [1.82, 2.24) is 0 Å². The summed E-state index contributed by atoms with van der Waals surface area (Å²) in [4.78, 5) is 11.2. The number of alkyl halides is 5. The van der Waals surface area contributed by atoms with Gasteiger partial charge in [0.2, 0.25) is 0 Å². The second-order valence-electron chi connectivity index (χ2n) is 7.39. The summed E-state index contributed by atoms with van der Waals surface area (Å²) in [5.41, 5.74) is -1.78. The van der Waals surface area contributed by atoms with Gasteiger partial charge >= 0.3 is 18.8 Å². The number of rotatable bonds is 5. The Hall–Kier alpha value is -2.49. The molecule has 1 heterocycles. The maximum atomic E-state index is 13.1. The fraction of sp³-hybridized carbons (Fsp3) is 0.421. The number of halogens is 6. The number of hydrogen-bond donors (Lipinski definition) is 1. The Bertz CT molecular complexity index is 973. The van der Waals surface area contributed by atoms with Crippen LogP contribution in [0.4, 0.5) is 22.0 Å².